The molecule has 0 aliphatic heterocycles. The van der Waals surface area contributed by atoms with Crippen LogP contribution < -0.4 is 5.32 Å². The first-order valence-electron chi connectivity index (χ1n) is 6.43. The number of carbonyl (C=O) groups is 2. The van der Waals surface area contributed by atoms with E-state index in [-0.39, 0.29) is 17.3 Å². The van der Waals surface area contributed by atoms with Gasteiger partial charge in [-0.2, -0.15) is 0 Å². The Bertz CT molecular complexity index is 653. The van der Waals surface area contributed by atoms with Crippen molar-refractivity contribution in [3.05, 3.63) is 71.0 Å². The molecule has 2 aromatic carbocycles. The second kappa shape index (κ2) is 6.65. The fraction of sp³-hybridized carbons (Fsp3) is 0.125. The lowest BCUT2D eigenvalue weighted by atomic mass is 10.1. The molecule has 0 fully saturated rings. The second-order valence-electron chi connectivity index (χ2n) is 4.48. The summed E-state index contributed by atoms with van der Waals surface area (Å²) in [4.78, 5) is 22.6. The number of carboxylic acid groups (broad SMARTS) is 1. The lowest BCUT2D eigenvalue weighted by molar-refractivity contribution is 0.0696. The van der Waals surface area contributed by atoms with Gasteiger partial charge < -0.3 is 10.4 Å². The average molecular weight is 287 g/mol. The van der Waals surface area contributed by atoms with Gasteiger partial charge in [0.1, 0.15) is 5.82 Å². The van der Waals surface area contributed by atoms with Crippen molar-refractivity contribution >= 4 is 11.9 Å². The molecule has 4 nitrogen and oxygen atoms in total. The van der Waals surface area contributed by atoms with Gasteiger partial charge in [0.25, 0.3) is 5.91 Å². The van der Waals surface area contributed by atoms with Gasteiger partial charge in [0.2, 0.25) is 0 Å². The van der Waals surface area contributed by atoms with Gasteiger partial charge in [-0.3, -0.25) is 4.79 Å². The van der Waals surface area contributed by atoms with E-state index in [1.165, 1.54) is 30.3 Å². The first-order valence-corrected chi connectivity index (χ1v) is 6.43. The first kappa shape index (κ1) is 14.7. The predicted molar refractivity (Wildman–Crippen MR) is 75.8 cm³/mol. The monoisotopic (exact) mass is 287 g/mol. The number of rotatable bonds is 5. The van der Waals surface area contributed by atoms with Gasteiger partial charge in [0.05, 0.1) is 5.56 Å². The summed E-state index contributed by atoms with van der Waals surface area (Å²) >= 11 is 0. The maximum absolute atomic E-state index is 13.4. The van der Waals surface area contributed by atoms with Gasteiger partial charge in [0.15, 0.2) is 0 Å². The van der Waals surface area contributed by atoms with Crippen molar-refractivity contribution in [1.29, 1.82) is 0 Å². The topological polar surface area (TPSA) is 66.4 Å². The molecule has 0 spiro atoms. The number of nitrogens with one attached hydrogen (secondary N) is 1. The van der Waals surface area contributed by atoms with Crippen molar-refractivity contribution in [2.45, 2.75) is 6.42 Å². The number of amides is 1. The molecular formula is C16H14FNO3. The molecule has 0 aliphatic carbocycles. The van der Waals surface area contributed by atoms with E-state index in [2.05, 4.69) is 5.32 Å². The molecule has 5 heteroatoms. The van der Waals surface area contributed by atoms with E-state index in [1.54, 1.807) is 18.2 Å². The summed E-state index contributed by atoms with van der Waals surface area (Å²) in [5.41, 5.74) is 1.03. The number of carbonyl (C=O) groups excluding carboxylic acids is 1. The molecule has 2 aromatic rings. The van der Waals surface area contributed by atoms with Gasteiger partial charge in [-0.25, -0.2) is 9.18 Å². The Labute approximate surface area is 121 Å². The fourth-order valence-corrected chi connectivity index (χ4v) is 1.88. The van der Waals surface area contributed by atoms with Crippen molar-refractivity contribution in [2.24, 2.45) is 0 Å². The Hall–Kier alpha value is -2.69. The summed E-state index contributed by atoms with van der Waals surface area (Å²) in [5.74, 6) is -1.65. The lowest BCUT2D eigenvalue weighted by Gasteiger charge is -2.06. The average Bonchev–Trinajstić information content (AvgIpc) is 2.49. The van der Waals surface area contributed by atoms with Crippen LogP contribution in [0.25, 0.3) is 0 Å². The molecule has 2 rings (SSSR count). The van der Waals surface area contributed by atoms with Crippen molar-refractivity contribution in [3.8, 4) is 0 Å². The molecule has 2 N–H and O–H groups in total. The summed E-state index contributed by atoms with van der Waals surface area (Å²) in [6.45, 7) is 0.306. The summed E-state index contributed by atoms with van der Waals surface area (Å²) in [6.07, 6.45) is 0.394. The van der Waals surface area contributed by atoms with Crippen LogP contribution >= 0.6 is 0 Å². The molecule has 21 heavy (non-hydrogen) atoms. The summed E-state index contributed by atoms with van der Waals surface area (Å²) in [7, 11) is 0. The van der Waals surface area contributed by atoms with E-state index in [0.29, 0.717) is 24.1 Å². The molecular weight excluding hydrogens is 273 g/mol. The maximum Gasteiger partial charge on any atom is 0.335 e. The van der Waals surface area contributed by atoms with Gasteiger partial charge in [0, 0.05) is 12.1 Å². The van der Waals surface area contributed by atoms with E-state index >= 15 is 0 Å². The molecule has 0 saturated heterocycles. The van der Waals surface area contributed by atoms with Crippen molar-refractivity contribution in [3.63, 3.8) is 0 Å². The minimum atomic E-state index is -1.04. The normalized spacial score (nSPS) is 10.1. The molecule has 1 amide bonds. The largest absolute Gasteiger partial charge is 0.478 e. The van der Waals surface area contributed by atoms with Crippen LogP contribution in [-0.2, 0) is 6.42 Å². The highest BCUT2D eigenvalue weighted by Crippen LogP contribution is 2.07. The number of benzene rings is 2. The zero-order chi connectivity index (χ0) is 15.2. The minimum absolute atomic E-state index is 0.123. The zero-order valence-electron chi connectivity index (χ0n) is 11.2. The second-order valence-corrected chi connectivity index (χ2v) is 4.48. The number of hydrogen-bond donors (Lipinski definition) is 2. The van der Waals surface area contributed by atoms with Crippen molar-refractivity contribution < 1.29 is 19.1 Å². The molecule has 0 bridgehead atoms. The van der Waals surface area contributed by atoms with E-state index < -0.39 is 5.97 Å². The van der Waals surface area contributed by atoms with Crippen LogP contribution in [0.2, 0.25) is 0 Å². The highest BCUT2D eigenvalue weighted by atomic mass is 19.1. The van der Waals surface area contributed by atoms with E-state index in [0.717, 1.165) is 0 Å². The minimum Gasteiger partial charge on any atom is -0.478 e. The van der Waals surface area contributed by atoms with Crippen LogP contribution in [0.3, 0.4) is 0 Å². The van der Waals surface area contributed by atoms with Crippen LogP contribution in [0.5, 0.6) is 0 Å². The highest BCUT2D eigenvalue weighted by molar-refractivity contribution is 5.95. The van der Waals surface area contributed by atoms with Crippen LogP contribution in [0.15, 0.2) is 48.5 Å². The van der Waals surface area contributed by atoms with Crippen LogP contribution in [-0.4, -0.2) is 23.5 Å². The molecule has 108 valence electrons. The number of hydrogen-bond acceptors (Lipinski definition) is 2. The first-order chi connectivity index (χ1) is 10.1. The van der Waals surface area contributed by atoms with Crippen LogP contribution in [0, 0.1) is 5.82 Å². The number of aromatic carboxylic acids is 1. The van der Waals surface area contributed by atoms with Gasteiger partial charge in [-0.1, -0.05) is 18.2 Å². The molecule has 0 radical (unpaired) electrons. The third-order valence-electron chi connectivity index (χ3n) is 3.03. The highest BCUT2D eigenvalue weighted by Gasteiger charge is 2.08. The number of halogens is 1. The third kappa shape index (κ3) is 3.89. The lowest BCUT2D eigenvalue weighted by Crippen LogP contribution is -2.25. The van der Waals surface area contributed by atoms with Gasteiger partial charge in [-0.15, -0.1) is 0 Å². The summed E-state index contributed by atoms with van der Waals surface area (Å²) in [5, 5.41) is 11.4. The zero-order valence-corrected chi connectivity index (χ0v) is 11.2. The molecule has 0 atom stereocenters. The number of carboxylic acids is 1. The molecule has 0 unspecified atom stereocenters. The Morgan fingerprint density at radius 1 is 1.00 bits per heavy atom. The Morgan fingerprint density at radius 3 is 2.24 bits per heavy atom. The predicted octanol–water partition coefficient (Wildman–Crippen LogP) is 2.50. The standard InChI is InChI=1S/C16H14FNO3/c17-14-4-2-1-3-11(14)9-10-18-15(19)12-5-7-13(8-6-12)16(20)21/h1-8H,9-10H2,(H,18,19)(H,20,21). The Balaban J connectivity index is 1.90. The van der Waals surface area contributed by atoms with Crippen molar-refractivity contribution in [2.75, 3.05) is 6.54 Å². The third-order valence-corrected chi connectivity index (χ3v) is 3.03. The fourth-order valence-electron chi connectivity index (χ4n) is 1.88. The Morgan fingerprint density at radius 2 is 1.62 bits per heavy atom. The van der Waals surface area contributed by atoms with Crippen LogP contribution in [0.1, 0.15) is 26.3 Å². The molecule has 0 aliphatic rings. The smallest absolute Gasteiger partial charge is 0.335 e. The molecule has 0 heterocycles. The quantitative estimate of drug-likeness (QED) is 0.888. The molecule has 0 aromatic heterocycles. The maximum atomic E-state index is 13.4. The van der Waals surface area contributed by atoms with E-state index in [1.807, 2.05) is 0 Å². The Kier molecular flexibility index (Phi) is 4.66. The van der Waals surface area contributed by atoms with E-state index in [4.69, 9.17) is 5.11 Å². The molecule has 0 saturated carbocycles. The van der Waals surface area contributed by atoms with Crippen molar-refractivity contribution in [1.82, 2.24) is 5.32 Å². The van der Waals surface area contributed by atoms with Gasteiger partial charge in [-0.05, 0) is 42.3 Å². The summed E-state index contributed by atoms with van der Waals surface area (Å²) in [6, 6.07) is 12.0. The van der Waals surface area contributed by atoms with Crippen LogP contribution in [0.4, 0.5) is 4.39 Å². The summed E-state index contributed by atoms with van der Waals surface area (Å²) < 4.78 is 13.4. The SMILES string of the molecule is O=C(O)c1ccc(C(=O)NCCc2ccccc2F)cc1. The van der Waals surface area contributed by atoms with E-state index in [9.17, 15) is 14.0 Å². The van der Waals surface area contributed by atoms with Gasteiger partial charge >= 0.3 is 5.97 Å².